The van der Waals surface area contributed by atoms with Gasteiger partial charge >= 0.3 is 0 Å². The smallest absolute Gasteiger partial charge is 0.208 e. The second-order valence-corrected chi connectivity index (χ2v) is 3.86. The second-order valence-electron chi connectivity index (χ2n) is 2.95. The van der Waals surface area contributed by atoms with E-state index in [1.54, 1.807) is 12.1 Å². The molecule has 3 nitrogen and oxygen atoms in total. The highest BCUT2D eigenvalue weighted by atomic mass is 79.9. The SMILES string of the molecule is NCc1ncc(-c2ccc(Br)cc2F)o1. The number of hydrogen-bond acceptors (Lipinski definition) is 3. The van der Waals surface area contributed by atoms with Crippen molar-refractivity contribution in [1.82, 2.24) is 4.98 Å². The van der Waals surface area contributed by atoms with E-state index in [0.29, 0.717) is 21.7 Å². The molecule has 78 valence electrons. The van der Waals surface area contributed by atoms with Crippen molar-refractivity contribution in [3.05, 3.63) is 40.6 Å². The molecule has 0 unspecified atom stereocenters. The third-order valence-corrected chi connectivity index (χ3v) is 2.42. The average Bonchev–Trinajstić information content (AvgIpc) is 2.66. The van der Waals surface area contributed by atoms with Gasteiger partial charge in [0.25, 0.3) is 0 Å². The molecule has 2 aromatic rings. The molecule has 1 aromatic heterocycles. The lowest BCUT2D eigenvalue weighted by molar-refractivity contribution is 0.505. The minimum atomic E-state index is -0.357. The molecule has 0 aliphatic rings. The van der Waals surface area contributed by atoms with Crippen LogP contribution in [-0.4, -0.2) is 4.98 Å². The van der Waals surface area contributed by atoms with Gasteiger partial charge in [0.15, 0.2) is 5.76 Å². The Hall–Kier alpha value is -1.20. The van der Waals surface area contributed by atoms with Crippen LogP contribution >= 0.6 is 15.9 Å². The molecule has 1 heterocycles. The minimum absolute atomic E-state index is 0.206. The van der Waals surface area contributed by atoms with Gasteiger partial charge in [-0.05, 0) is 18.2 Å². The van der Waals surface area contributed by atoms with E-state index in [2.05, 4.69) is 20.9 Å². The molecule has 0 amide bonds. The number of rotatable bonds is 2. The molecule has 1 aromatic carbocycles. The third-order valence-electron chi connectivity index (χ3n) is 1.92. The van der Waals surface area contributed by atoms with Crippen LogP contribution < -0.4 is 5.73 Å². The van der Waals surface area contributed by atoms with Crippen molar-refractivity contribution in [2.75, 3.05) is 0 Å². The third kappa shape index (κ3) is 2.08. The summed E-state index contributed by atoms with van der Waals surface area (Å²) in [5, 5.41) is 0. The van der Waals surface area contributed by atoms with Gasteiger partial charge in [-0.2, -0.15) is 0 Å². The van der Waals surface area contributed by atoms with Gasteiger partial charge in [0.2, 0.25) is 5.89 Å². The summed E-state index contributed by atoms with van der Waals surface area (Å²) in [7, 11) is 0. The van der Waals surface area contributed by atoms with E-state index in [-0.39, 0.29) is 12.4 Å². The molecule has 0 bridgehead atoms. The van der Waals surface area contributed by atoms with E-state index >= 15 is 0 Å². The topological polar surface area (TPSA) is 52.0 Å². The van der Waals surface area contributed by atoms with Crippen molar-refractivity contribution in [2.45, 2.75) is 6.54 Å². The van der Waals surface area contributed by atoms with Crippen LogP contribution in [0.4, 0.5) is 4.39 Å². The zero-order valence-corrected chi connectivity index (χ0v) is 9.29. The molecule has 2 rings (SSSR count). The van der Waals surface area contributed by atoms with Crippen LogP contribution in [0.3, 0.4) is 0 Å². The number of benzene rings is 1. The Labute approximate surface area is 94.2 Å². The average molecular weight is 271 g/mol. The van der Waals surface area contributed by atoms with E-state index in [4.69, 9.17) is 10.2 Å². The fourth-order valence-electron chi connectivity index (χ4n) is 1.22. The van der Waals surface area contributed by atoms with Gasteiger partial charge in [-0.15, -0.1) is 0 Å². The lowest BCUT2D eigenvalue weighted by atomic mass is 10.2. The molecule has 0 saturated carbocycles. The maximum atomic E-state index is 13.5. The standard InChI is InChI=1S/C10H8BrFN2O/c11-6-1-2-7(8(12)3-6)9-5-14-10(4-13)15-9/h1-3,5H,4,13H2. The van der Waals surface area contributed by atoms with Gasteiger partial charge in [-0.3, -0.25) is 0 Å². The van der Waals surface area contributed by atoms with Crippen LogP contribution in [0.1, 0.15) is 5.89 Å². The molecule has 0 radical (unpaired) electrons. The molecular weight excluding hydrogens is 263 g/mol. The fourth-order valence-corrected chi connectivity index (χ4v) is 1.55. The van der Waals surface area contributed by atoms with Crippen LogP contribution in [0.15, 0.2) is 33.3 Å². The highest BCUT2D eigenvalue weighted by molar-refractivity contribution is 9.10. The van der Waals surface area contributed by atoms with Crippen LogP contribution in [0.5, 0.6) is 0 Å². The summed E-state index contributed by atoms with van der Waals surface area (Å²) < 4.78 is 19.4. The molecule has 0 aliphatic carbocycles. The quantitative estimate of drug-likeness (QED) is 0.913. The predicted molar refractivity (Wildman–Crippen MR) is 57.5 cm³/mol. The van der Waals surface area contributed by atoms with Crippen molar-refractivity contribution >= 4 is 15.9 Å². The normalized spacial score (nSPS) is 10.6. The zero-order valence-electron chi connectivity index (χ0n) is 7.71. The molecule has 15 heavy (non-hydrogen) atoms. The molecule has 5 heteroatoms. The molecule has 0 saturated heterocycles. The Balaban J connectivity index is 2.44. The predicted octanol–water partition coefficient (Wildman–Crippen LogP) is 2.70. The second kappa shape index (κ2) is 4.12. The van der Waals surface area contributed by atoms with Crippen molar-refractivity contribution < 1.29 is 8.81 Å². The number of nitrogens with two attached hydrogens (primary N) is 1. The van der Waals surface area contributed by atoms with Gasteiger partial charge in [-0.1, -0.05) is 15.9 Å². The number of aromatic nitrogens is 1. The van der Waals surface area contributed by atoms with Crippen LogP contribution in [0.2, 0.25) is 0 Å². The van der Waals surface area contributed by atoms with Gasteiger partial charge in [0, 0.05) is 4.47 Å². The van der Waals surface area contributed by atoms with Crippen LogP contribution in [0, 0.1) is 5.82 Å². The Kier molecular flexibility index (Phi) is 2.83. The highest BCUT2D eigenvalue weighted by Gasteiger charge is 2.10. The number of nitrogens with zero attached hydrogens (tertiary/aromatic N) is 1. The molecular formula is C10H8BrFN2O. The Bertz CT molecular complexity index is 484. The number of oxazole rings is 1. The van der Waals surface area contributed by atoms with E-state index in [9.17, 15) is 4.39 Å². The maximum absolute atomic E-state index is 13.5. The molecule has 0 spiro atoms. The molecule has 0 atom stereocenters. The van der Waals surface area contributed by atoms with E-state index < -0.39 is 0 Å². The molecule has 0 aliphatic heterocycles. The number of halogens is 2. The van der Waals surface area contributed by atoms with Gasteiger partial charge in [-0.25, -0.2) is 9.37 Å². The fraction of sp³-hybridized carbons (Fsp3) is 0.100. The maximum Gasteiger partial charge on any atom is 0.208 e. The Morgan fingerprint density at radius 2 is 2.27 bits per heavy atom. The minimum Gasteiger partial charge on any atom is -0.439 e. The highest BCUT2D eigenvalue weighted by Crippen LogP contribution is 2.25. The van der Waals surface area contributed by atoms with Crippen molar-refractivity contribution in [1.29, 1.82) is 0 Å². The van der Waals surface area contributed by atoms with Crippen LogP contribution in [-0.2, 0) is 6.54 Å². The summed E-state index contributed by atoms with van der Waals surface area (Å²) in [5.41, 5.74) is 5.73. The Morgan fingerprint density at radius 1 is 1.47 bits per heavy atom. The monoisotopic (exact) mass is 270 g/mol. The van der Waals surface area contributed by atoms with Crippen molar-refractivity contribution in [2.24, 2.45) is 5.73 Å². The van der Waals surface area contributed by atoms with Gasteiger partial charge in [0.1, 0.15) is 5.82 Å². The largest absolute Gasteiger partial charge is 0.439 e. The summed E-state index contributed by atoms with van der Waals surface area (Å²) >= 11 is 3.18. The van der Waals surface area contributed by atoms with E-state index in [1.165, 1.54) is 12.3 Å². The molecule has 2 N–H and O–H groups in total. The summed E-state index contributed by atoms with van der Waals surface area (Å²) in [6.07, 6.45) is 1.47. The van der Waals surface area contributed by atoms with Crippen molar-refractivity contribution in [3.8, 4) is 11.3 Å². The summed E-state index contributed by atoms with van der Waals surface area (Å²) in [6, 6.07) is 4.74. The first-order valence-corrected chi connectivity index (χ1v) is 5.10. The van der Waals surface area contributed by atoms with Crippen LogP contribution in [0.25, 0.3) is 11.3 Å². The summed E-state index contributed by atoms with van der Waals surface area (Å²) in [6.45, 7) is 0.206. The van der Waals surface area contributed by atoms with Crippen molar-refractivity contribution in [3.63, 3.8) is 0 Å². The lowest BCUT2D eigenvalue weighted by Gasteiger charge is -1.98. The number of hydrogen-bond donors (Lipinski definition) is 1. The Morgan fingerprint density at radius 3 is 2.87 bits per heavy atom. The first-order valence-electron chi connectivity index (χ1n) is 4.31. The van der Waals surface area contributed by atoms with Gasteiger partial charge in [0.05, 0.1) is 18.3 Å². The van der Waals surface area contributed by atoms with Gasteiger partial charge < -0.3 is 10.2 Å². The van der Waals surface area contributed by atoms with E-state index in [0.717, 1.165) is 0 Å². The lowest BCUT2D eigenvalue weighted by Crippen LogP contribution is -1.94. The summed E-state index contributed by atoms with van der Waals surface area (Å²) in [5.74, 6) is 0.428. The first kappa shape index (κ1) is 10.3. The first-order chi connectivity index (χ1) is 7.20. The van der Waals surface area contributed by atoms with E-state index in [1.807, 2.05) is 0 Å². The molecule has 0 fully saturated rings. The zero-order chi connectivity index (χ0) is 10.8. The summed E-state index contributed by atoms with van der Waals surface area (Å²) in [4.78, 5) is 3.90.